The molecule has 28 heavy (non-hydrogen) atoms. The number of ether oxygens (including phenoxy) is 1. The number of piperidine rings is 1. The van der Waals surface area contributed by atoms with Crippen LogP contribution in [0.4, 0.5) is 0 Å². The van der Waals surface area contributed by atoms with E-state index < -0.39 is 5.60 Å². The molecule has 5 rings (SSSR count). The maximum absolute atomic E-state index is 13.4. The number of amides is 1. The van der Waals surface area contributed by atoms with E-state index in [0.29, 0.717) is 0 Å². The first-order chi connectivity index (χ1) is 13.6. The molecule has 3 aliphatic heterocycles. The number of carbonyl (C=O) groups excluding carboxylic acids is 2. The standard InChI is InChI=1S/C21H30N4O3/c1-2-25-10-5-16-18(23-14-22-16)20(25)8-11-24(12-9-20)19(27)15-13-17(26)28-21(15)6-3-4-7-21/h14-15H,2-13H2,1H3,(H,22,23)/t15-/m0/s1. The number of likely N-dealkylation sites (tertiary alicyclic amines) is 1. The van der Waals surface area contributed by atoms with Crippen molar-refractivity contribution in [1.29, 1.82) is 0 Å². The zero-order chi connectivity index (χ0) is 19.4. The maximum Gasteiger partial charge on any atom is 0.307 e. The number of hydrogen-bond acceptors (Lipinski definition) is 5. The van der Waals surface area contributed by atoms with Crippen LogP contribution in [-0.4, -0.2) is 63.4 Å². The van der Waals surface area contributed by atoms with Crippen LogP contribution < -0.4 is 0 Å². The van der Waals surface area contributed by atoms with Gasteiger partial charge in [0.2, 0.25) is 5.91 Å². The van der Waals surface area contributed by atoms with Crippen molar-refractivity contribution in [3.8, 4) is 0 Å². The molecule has 1 amide bonds. The zero-order valence-electron chi connectivity index (χ0n) is 16.7. The largest absolute Gasteiger partial charge is 0.458 e. The molecule has 0 bridgehead atoms. The minimum atomic E-state index is -0.515. The van der Waals surface area contributed by atoms with Crippen molar-refractivity contribution in [2.45, 2.75) is 69.4 Å². The number of nitrogens with one attached hydrogen (secondary N) is 1. The number of esters is 1. The van der Waals surface area contributed by atoms with Gasteiger partial charge in [-0.15, -0.1) is 0 Å². The summed E-state index contributed by atoms with van der Waals surface area (Å²) in [6.07, 6.45) is 8.66. The van der Waals surface area contributed by atoms with Crippen molar-refractivity contribution in [3.63, 3.8) is 0 Å². The SMILES string of the molecule is CCN1CCc2[nH]cnc2C12CCN(C(=O)[C@@H]1CC(=O)OC13CCCC3)CC2. The molecule has 7 heteroatoms. The van der Waals surface area contributed by atoms with Crippen molar-refractivity contribution in [2.24, 2.45) is 5.92 Å². The first kappa shape index (κ1) is 18.2. The van der Waals surface area contributed by atoms with Gasteiger partial charge in [-0.1, -0.05) is 6.92 Å². The molecule has 0 aromatic carbocycles. The Balaban J connectivity index is 1.35. The summed E-state index contributed by atoms with van der Waals surface area (Å²) in [7, 11) is 0. The van der Waals surface area contributed by atoms with E-state index >= 15 is 0 Å². The van der Waals surface area contributed by atoms with E-state index in [4.69, 9.17) is 4.74 Å². The molecule has 3 fully saturated rings. The molecule has 7 nitrogen and oxygen atoms in total. The Bertz CT molecular complexity index is 774. The van der Waals surface area contributed by atoms with Crippen LogP contribution in [0.1, 0.15) is 63.3 Å². The molecule has 4 heterocycles. The van der Waals surface area contributed by atoms with Gasteiger partial charge in [-0.2, -0.15) is 0 Å². The van der Waals surface area contributed by atoms with Gasteiger partial charge in [-0.25, -0.2) is 4.98 Å². The number of likely N-dealkylation sites (N-methyl/N-ethyl adjacent to an activating group) is 1. The summed E-state index contributed by atoms with van der Waals surface area (Å²) in [4.78, 5) is 37.9. The molecule has 4 aliphatic rings. The van der Waals surface area contributed by atoms with Crippen LogP contribution in [0.3, 0.4) is 0 Å². The molecule has 1 aromatic heterocycles. The topological polar surface area (TPSA) is 78.5 Å². The molecule has 152 valence electrons. The van der Waals surface area contributed by atoms with Gasteiger partial charge < -0.3 is 14.6 Å². The van der Waals surface area contributed by atoms with Crippen molar-refractivity contribution in [3.05, 3.63) is 17.7 Å². The van der Waals surface area contributed by atoms with E-state index in [0.717, 1.165) is 71.1 Å². The van der Waals surface area contributed by atoms with E-state index in [1.807, 2.05) is 11.2 Å². The second kappa shape index (κ2) is 6.58. The molecule has 2 spiro atoms. The first-order valence-electron chi connectivity index (χ1n) is 10.9. The highest BCUT2D eigenvalue weighted by Crippen LogP contribution is 2.47. The number of imidazole rings is 1. The highest BCUT2D eigenvalue weighted by atomic mass is 16.6. The summed E-state index contributed by atoms with van der Waals surface area (Å²) in [5.74, 6) is -0.353. The van der Waals surface area contributed by atoms with Crippen LogP contribution in [0, 0.1) is 5.92 Å². The normalized spacial score (nSPS) is 28.7. The summed E-state index contributed by atoms with van der Waals surface area (Å²) < 4.78 is 5.71. The van der Waals surface area contributed by atoms with Crippen LogP contribution in [0.15, 0.2) is 6.33 Å². The van der Waals surface area contributed by atoms with Gasteiger partial charge in [0.25, 0.3) is 0 Å². The summed E-state index contributed by atoms with van der Waals surface area (Å²) >= 11 is 0. The van der Waals surface area contributed by atoms with Crippen LogP contribution in [0.25, 0.3) is 0 Å². The molecular weight excluding hydrogens is 356 g/mol. The third-order valence-corrected chi connectivity index (χ3v) is 7.75. The zero-order valence-corrected chi connectivity index (χ0v) is 16.7. The number of aromatic nitrogens is 2. The molecule has 1 saturated carbocycles. The predicted octanol–water partition coefficient (Wildman–Crippen LogP) is 1.98. The fourth-order valence-electron chi connectivity index (χ4n) is 6.28. The van der Waals surface area contributed by atoms with Crippen molar-refractivity contribution in [1.82, 2.24) is 19.8 Å². The molecule has 1 aliphatic carbocycles. The van der Waals surface area contributed by atoms with E-state index in [2.05, 4.69) is 21.8 Å². The third-order valence-electron chi connectivity index (χ3n) is 7.75. The number of hydrogen-bond donors (Lipinski definition) is 1. The lowest BCUT2D eigenvalue weighted by Crippen LogP contribution is -2.58. The Morgan fingerprint density at radius 1 is 1.25 bits per heavy atom. The lowest BCUT2D eigenvalue weighted by atomic mass is 9.78. The number of carbonyl (C=O) groups is 2. The van der Waals surface area contributed by atoms with E-state index in [1.54, 1.807) is 0 Å². The quantitative estimate of drug-likeness (QED) is 0.787. The van der Waals surface area contributed by atoms with Crippen LogP contribution in [0.5, 0.6) is 0 Å². The molecule has 2 saturated heterocycles. The summed E-state index contributed by atoms with van der Waals surface area (Å²) in [5, 5.41) is 0. The second-order valence-electron chi connectivity index (χ2n) is 8.92. The Morgan fingerprint density at radius 3 is 2.71 bits per heavy atom. The molecular formula is C21H30N4O3. The lowest BCUT2D eigenvalue weighted by Gasteiger charge is -2.50. The monoisotopic (exact) mass is 386 g/mol. The highest BCUT2D eigenvalue weighted by Gasteiger charge is 2.56. The van der Waals surface area contributed by atoms with E-state index in [-0.39, 0.29) is 29.8 Å². The molecule has 1 N–H and O–H groups in total. The van der Waals surface area contributed by atoms with Crippen molar-refractivity contribution < 1.29 is 14.3 Å². The van der Waals surface area contributed by atoms with Crippen LogP contribution in [-0.2, 0) is 26.3 Å². The molecule has 1 aromatic rings. The van der Waals surface area contributed by atoms with Crippen molar-refractivity contribution in [2.75, 3.05) is 26.2 Å². The van der Waals surface area contributed by atoms with Gasteiger partial charge in [0.15, 0.2) is 0 Å². The molecule has 0 unspecified atom stereocenters. The lowest BCUT2D eigenvalue weighted by molar-refractivity contribution is -0.152. The first-order valence-corrected chi connectivity index (χ1v) is 10.9. The fraction of sp³-hybridized carbons (Fsp3) is 0.762. The van der Waals surface area contributed by atoms with Gasteiger partial charge in [0, 0.05) is 31.7 Å². The van der Waals surface area contributed by atoms with E-state index in [1.165, 1.54) is 11.4 Å². The minimum absolute atomic E-state index is 0.0633. The fourth-order valence-corrected chi connectivity index (χ4v) is 6.28. The van der Waals surface area contributed by atoms with Crippen LogP contribution in [0.2, 0.25) is 0 Å². The highest BCUT2D eigenvalue weighted by molar-refractivity contribution is 5.88. The number of fused-ring (bicyclic) bond motifs is 2. The number of nitrogens with zero attached hydrogens (tertiary/aromatic N) is 3. The number of rotatable bonds is 2. The average Bonchev–Trinajstić information content (AvgIpc) is 3.43. The maximum atomic E-state index is 13.4. The number of aromatic amines is 1. The molecule has 0 radical (unpaired) electrons. The van der Waals surface area contributed by atoms with Gasteiger partial charge in [-0.05, 0) is 45.1 Å². The minimum Gasteiger partial charge on any atom is -0.458 e. The predicted molar refractivity (Wildman–Crippen MR) is 102 cm³/mol. The Morgan fingerprint density at radius 2 is 2.00 bits per heavy atom. The van der Waals surface area contributed by atoms with Gasteiger partial charge >= 0.3 is 5.97 Å². The van der Waals surface area contributed by atoms with E-state index in [9.17, 15) is 9.59 Å². The Labute approximate surface area is 165 Å². The van der Waals surface area contributed by atoms with Gasteiger partial charge in [-0.3, -0.25) is 14.5 Å². The third kappa shape index (κ3) is 2.55. The summed E-state index contributed by atoms with van der Waals surface area (Å²) in [6.45, 7) is 5.69. The smallest absolute Gasteiger partial charge is 0.307 e. The Kier molecular flexibility index (Phi) is 4.27. The van der Waals surface area contributed by atoms with Gasteiger partial charge in [0.1, 0.15) is 5.60 Å². The van der Waals surface area contributed by atoms with Crippen molar-refractivity contribution >= 4 is 11.9 Å². The Hall–Kier alpha value is -1.89. The number of H-pyrrole nitrogens is 1. The summed E-state index contributed by atoms with van der Waals surface area (Å²) in [5.41, 5.74) is 1.86. The van der Waals surface area contributed by atoms with Gasteiger partial charge in [0.05, 0.1) is 29.9 Å². The summed E-state index contributed by atoms with van der Waals surface area (Å²) in [6, 6.07) is 0. The average molecular weight is 386 g/mol. The van der Waals surface area contributed by atoms with Crippen LogP contribution >= 0.6 is 0 Å². The molecule has 1 atom stereocenters. The second-order valence-corrected chi connectivity index (χ2v) is 8.92.